The van der Waals surface area contributed by atoms with E-state index in [0.717, 1.165) is 5.92 Å². The summed E-state index contributed by atoms with van der Waals surface area (Å²) >= 11 is 1.89. The summed E-state index contributed by atoms with van der Waals surface area (Å²) in [5.74, 6) is 0.834. The van der Waals surface area contributed by atoms with E-state index in [0.29, 0.717) is 0 Å². The predicted molar refractivity (Wildman–Crippen MR) is 58.2 cm³/mol. The van der Waals surface area contributed by atoms with Crippen molar-refractivity contribution in [2.45, 2.75) is 50.9 Å². The summed E-state index contributed by atoms with van der Waals surface area (Å²) < 4.78 is 0. The molecule has 1 radical (unpaired) electrons. The number of rotatable bonds is 1. The van der Waals surface area contributed by atoms with Gasteiger partial charge in [0.25, 0.3) is 0 Å². The van der Waals surface area contributed by atoms with Crippen molar-refractivity contribution in [3.05, 3.63) is 22.4 Å². The molecule has 0 atom stereocenters. The molecular formula is C12H17S. The first-order chi connectivity index (χ1) is 6.47. The van der Waals surface area contributed by atoms with Gasteiger partial charge < -0.3 is 0 Å². The van der Waals surface area contributed by atoms with Gasteiger partial charge in [0, 0.05) is 4.88 Å². The molecule has 1 saturated carbocycles. The number of thiophene rings is 1. The Hall–Kier alpha value is -0.300. The zero-order chi connectivity index (χ0) is 8.93. The molecule has 0 amide bonds. The predicted octanol–water partition coefficient (Wildman–Crippen LogP) is 4.38. The third-order valence-corrected chi connectivity index (χ3v) is 3.94. The summed E-state index contributed by atoms with van der Waals surface area (Å²) in [6, 6.07) is 5.44. The van der Waals surface area contributed by atoms with Crippen molar-refractivity contribution in [3.8, 4) is 0 Å². The van der Waals surface area contributed by atoms with E-state index in [4.69, 9.17) is 0 Å². The Morgan fingerprint density at radius 3 is 2.38 bits per heavy atom. The molecule has 0 bridgehead atoms. The SMILES string of the molecule is [c]1ccsc1C1CCCCCCC1. The van der Waals surface area contributed by atoms with Crippen LogP contribution in [0.15, 0.2) is 11.4 Å². The minimum atomic E-state index is 0.834. The fourth-order valence-corrected chi connectivity index (χ4v) is 3.04. The Kier molecular flexibility index (Phi) is 3.42. The van der Waals surface area contributed by atoms with Gasteiger partial charge in [-0.2, -0.15) is 0 Å². The molecular weight excluding hydrogens is 176 g/mol. The minimum absolute atomic E-state index is 0.834. The maximum Gasteiger partial charge on any atom is 0.0155 e. The highest BCUT2D eigenvalue weighted by Crippen LogP contribution is 2.32. The van der Waals surface area contributed by atoms with Gasteiger partial charge in [-0.05, 0) is 36.3 Å². The minimum Gasteiger partial charge on any atom is -0.148 e. The van der Waals surface area contributed by atoms with Crippen LogP contribution in [0.1, 0.15) is 55.7 Å². The van der Waals surface area contributed by atoms with Crippen molar-refractivity contribution in [2.75, 3.05) is 0 Å². The Morgan fingerprint density at radius 1 is 1.08 bits per heavy atom. The molecule has 0 nitrogen and oxygen atoms in total. The van der Waals surface area contributed by atoms with Gasteiger partial charge in [0.2, 0.25) is 0 Å². The van der Waals surface area contributed by atoms with Crippen LogP contribution in [0.2, 0.25) is 0 Å². The van der Waals surface area contributed by atoms with Crippen LogP contribution in [0.25, 0.3) is 0 Å². The maximum atomic E-state index is 3.37. The van der Waals surface area contributed by atoms with Crippen LogP contribution in [-0.2, 0) is 0 Å². The molecule has 0 spiro atoms. The zero-order valence-corrected chi connectivity index (χ0v) is 8.91. The number of hydrogen-bond acceptors (Lipinski definition) is 1. The Balaban J connectivity index is 1.96. The molecule has 0 saturated heterocycles. The maximum absolute atomic E-state index is 3.37. The first-order valence-electron chi connectivity index (χ1n) is 5.42. The van der Waals surface area contributed by atoms with Crippen molar-refractivity contribution in [2.24, 2.45) is 0 Å². The van der Waals surface area contributed by atoms with Crippen LogP contribution in [0.5, 0.6) is 0 Å². The normalized spacial score (nSPS) is 20.9. The van der Waals surface area contributed by atoms with E-state index in [9.17, 15) is 0 Å². The lowest BCUT2D eigenvalue weighted by atomic mass is 9.90. The van der Waals surface area contributed by atoms with Crippen LogP contribution in [0.4, 0.5) is 0 Å². The van der Waals surface area contributed by atoms with Crippen molar-refractivity contribution >= 4 is 11.3 Å². The van der Waals surface area contributed by atoms with E-state index in [1.54, 1.807) is 0 Å². The summed E-state index contributed by atoms with van der Waals surface area (Å²) in [6.07, 6.45) is 10.0. The quantitative estimate of drug-likeness (QED) is 0.621. The summed E-state index contributed by atoms with van der Waals surface area (Å²) in [5, 5.41) is 2.16. The topological polar surface area (TPSA) is 0 Å². The first-order valence-corrected chi connectivity index (χ1v) is 6.30. The molecule has 1 fully saturated rings. The van der Waals surface area contributed by atoms with Gasteiger partial charge in [0.1, 0.15) is 0 Å². The van der Waals surface area contributed by atoms with Gasteiger partial charge in [0.05, 0.1) is 0 Å². The Bertz CT molecular complexity index is 217. The monoisotopic (exact) mass is 193 g/mol. The fraction of sp³-hybridized carbons (Fsp3) is 0.667. The fourth-order valence-electron chi connectivity index (χ4n) is 2.19. The van der Waals surface area contributed by atoms with Crippen molar-refractivity contribution in [1.29, 1.82) is 0 Å². The zero-order valence-electron chi connectivity index (χ0n) is 8.09. The van der Waals surface area contributed by atoms with Gasteiger partial charge in [-0.25, -0.2) is 0 Å². The van der Waals surface area contributed by atoms with E-state index >= 15 is 0 Å². The molecule has 0 N–H and O–H groups in total. The Labute approximate surface area is 85.0 Å². The third kappa shape index (κ3) is 2.57. The molecule has 1 aliphatic rings. The van der Waals surface area contributed by atoms with E-state index in [1.165, 1.54) is 49.8 Å². The second kappa shape index (κ2) is 4.80. The second-order valence-corrected chi connectivity index (χ2v) is 4.92. The molecule has 0 unspecified atom stereocenters. The van der Waals surface area contributed by atoms with E-state index in [-0.39, 0.29) is 0 Å². The molecule has 71 valence electrons. The standard InChI is InChI=1S/C12H17S/c1-2-4-7-11(8-5-3-1)12-9-6-10-13-12/h6,10-11H,1-5,7-8H2. The first kappa shape index (κ1) is 9.26. The summed E-state index contributed by atoms with van der Waals surface area (Å²) in [4.78, 5) is 1.50. The summed E-state index contributed by atoms with van der Waals surface area (Å²) in [5.41, 5.74) is 0. The highest BCUT2D eigenvalue weighted by atomic mass is 32.1. The average Bonchev–Trinajstić information content (AvgIpc) is 2.55. The summed E-state index contributed by atoms with van der Waals surface area (Å²) in [7, 11) is 0. The lowest BCUT2D eigenvalue weighted by molar-refractivity contribution is 0.459. The van der Waals surface area contributed by atoms with Crippen LogP contribution < -0.4 is 0 Å². The van der Waals surface area contributed by atoms with Crippen LogP contribution in [-0.4, -0.2) is 0 Å². The van der Waals surface area contributed by atoms with Crippen molar-refractivity contribution < 1.29 is 0 Å². The van der Waals surface area contributed by atoms with Gasteiger partial charge in [-0.3, -0.25) is 0 Å². The molecule has 1 aromatic rings. The molecule has 0 aliphatic heterocycles. The van der Waals surface area contributed by atoms with Crippen molar-refractivity contribution in [3.63, 3.8) is 0 Å². The summed E-state index contributed by atoms with van der Waals surface area (Å²) in [6.45, 7) is 0. The molecule has 2 rings (SSSR count). The van der Waals surface area contributed by atoms with Crippen LogP contribution in [0.3, 0.4) is 0 Å². The second-order valence-electron chi connectivity index (χ2n) is 3.97. The number of hydrogen-bond donors (Lipinski definition) is 0. The van der Waals surface area contributed by atoms with E-state index < -0.39 is 0 Å². The largest absolute Gasteiger partial charge is 0.148 e. The highest BCUT2D eigenvalue weighted by molar-refractivity contribution is 7.09. The average molecular weight is 193 g/mol. The van der Waals surface area contributed by atoms with Gasteiger partial charge in [0.15, 0.2) is 0 Å². The van der Waals surface area contributed by atoms with Gasteiger partial charge in [-0.15, -0.1) is 11.3 Å². The van der Waals surface area contributed by atoms with Crippen molar-refractivity contribution in [1.82, 2.24) is 0 Å². The molecule has 1 heterocycles. The van der Waals surface area contributed by atoms with Crippen LogP contribution in [0, 0.1) is 6.07 Å². The smallest absolute Gasteiger partial charge is 0.0155 e. The molecule has 0 aromatic carbocycles. The third-order valence-electron chi connectivity index (χ3n) is 2.96. The van der Waals surface area contributed by atoms with E-state index in [2.05, 4.69) is 17.5 Å². The van der Waals surface area contributed by atoms with Gasteiger partial charge in [-0.1, -0.05) is 32.1 Å². The van der Waals surface area contributed by atoms with E-state index in [1.807, 2.05) is 11.3 Å². The van der Waals surface area contributed by atoms with Crippen LogP contribution >= 0.6 is 11.3 Å². The molecule has 1 aromatic heterocycles. The van der Waals surface area contributed by atoms with Gasteiger partial charge >= 0.3 is 0 Å². The molecule has 1 aliphatic carbocycles. The molecule has 1 heteroatoms. The Morgan fingerprint density at radius 2 is 1.77 bits per heavy atom. The molecule has 13 heavy (non-hydrogen) atoms. The lowest BCUT2D eigenvalue weighted by Crippen LogP contribution is -2.00. The highest BCUT2D eigenvalue weighted by Gasteiger charge is 2.13. The lowest BCUT2D eigenvalue weighted by Gasteiger charge is -2.17.